The second-order valence-electron chi connectivity index (χ2n) is 6.89. The third-order valence-electron chi connectivity index (χ3n) is 4.32. The third kappa shape index (κ3) is 5.69. The number of nitrogens with zero attached hydrogens (tertiary/aromatic N) is 1. The van der Waals surface area contributed by atoms with E-state index in [1.54, 1.807) is 0 Å². The van der Waals surface area contributed by atoms with Crippen molar-refractivity contribution < 1.29 is 12.8 Å². The monoisotopic (exact) mass is 376 g/mol. The van der Waals surface area contributed by atoms with Gasteiger partial charge in [-0.05, 0) is 55.8 Å². The van der Waals surface area contributed by atoms with E-state index < -0.39 is 15.8 Å². The van der Waals surface area contributed by atoms with Gasteiger partial charge in [0, 0.05) is 19.6 Å². The lowest BCUT2D eigenvalue weighted by Crippen LogP contribution is -2.39. The molecular weight excluding hydrogens is 351 g/mol. The highest BCUT2D eigenvalue weighted by molar-refractivity contribution is 7.89. The lowest BCUT2D eigenvalue weighted by molar-refractivity contribution is 0.139. The lowest BCUT2D eigenvalue weighted by atomic mass is 9.92. The molecule has 1 fully saturated rings. The van der Waals surface area contributed by atoms with E-state index in [0.29, 0.717) is 6.54 Å². The Kier molecular flexibility index (Phi) is 7.04. The summed E-state index contributed by atoms with van der Waals surface area (Å²) in [6.45, 7) is 8.16. The van der Waals surface area contributed by atoms with E-state index >= 15 is 0 Å². The molecule has 0 saturated carbocycles. The fourth-order valence-electron chi connectivity index (χ4n) is 3.41. The highest BCUT2D eigenvalue weighted by Crippen LogP contribution is 2.22. The Hall–Kier alpha value is -0.690. The molecule has 0 radical (unpaired) electrons. The highest BCUT2D eigenvalue weighted by Gasteiger charge is 2.21. The standard InChI is InChI=1S/C17H26ClFN2O2S/c1-13-9-14(2)12-21(11-13)8-4-3-7-20-24(22,23)17-6-5-15(19)10-16(17)18/h5-6,10,13-14,20H,3-4,7-9,11-12H2,1-2H3/t13-,14-/m0/s1. The molecule has 24 heavy (non-hydrogen) atoms. The molecule has 1 aliphatic rings. The minimum absolute atomic E-state index is 0.0794. The van der Waals surface area contributed by atoms with Crippen molar-refractivity contribution >= 4 is 21.6 Å². The van der Waals surface area contributed by atoms with E-state index in [2.05, 4.69) is 23.5 Å². The Labute approximate surface area is 149 Å². The first-order valence-corrected chi connectivity index (χ1v) is 10.3. The maximum absolute atomic E-state index is 13.0. The molecule has 1 aliphatic heterocycles. The average molecular weight is 377 g/mol. The molecule has 0 unspecified atom stereocenters. The van der Waals surface area contributed by atoms with Crippen LogP contribution in [0.3, 0.4) is 0 Å². The molecular formula is C17H26ClFN2O2S. The number of unbranched alkanes of at least 4 members (excludes halogenated alkanes) is 1. The number of hydrogen-bond donors (Lipinski definition) is 1. The van der Waals surface area contributed by atoms with Crippen molar-refractivity contribution in [3.8, 4) is 0 Å². The first kappa shape index (κ1) is 19.6. The quantitative estimate of drug-likeness (QED) is 0.741. The van der Waals surface area contributed by atoms with Gasteiger partial charge in [-0.15, -0.1) is 0 Å². The summed E-state index contributed by atoms with van der Waals surface area (Å²) in [5.74, 6) is 0.907. The fourth-order valence-corrected chi connectivity index (χ4v) is 5.02. The molecule has 0 amide bonds. The summed E-state index contributed by atoms with van der Waals surface area (Å²) in [6, 6.07) is 3.30. The van der Waals surface area contributed by atoms with Gasteiger partial charge in [-0.1, -0.05) is 25.4 Å². The van der Waals surface area contributed by atoms with Crippen LogP contribution in [0.15, 0.2) is 23.1 Å². The number of nitrogens with one attached hydrogen (secondary N) is 1. The molecule has 2 atom stereocenters. The second-order valence-corrected chi connectivity index (χ2v) is 9.03. The molecule has 1 aromatic rings. The Morgan fingerprint density at radius 3 is 2.54 bits per heavy atom. The molecule has 1 saturated heterocycles. The van der Waals surface area contributed by atoms with E-state index in [9.17, 15) is 12.8 Å². The van der Waals surface area contributed by atoms with Gasteiger partial charge in [0.15, 0.2) is 0 Å². The summed E-state index contributed by atoms with van der Waals surface area (Å²) >= 11 is 5.82. The van der Waals surface area contributed by atoms with Crippen LogP contribution >= 0.6 is 11.6 Å². The molecule has 7 heteroatoms. The van der Waals surface area contributed by atoms with Crippen LogP contribution in [0, 0.1) is 17.7 Å². The number of rotatable bonds is 7. The minimum Gasteiger partial charge on any atom is -0.303 e. The van der Waals surface area contributed by atoms with E-state index in [-0.39, 0.29) is 9.92 Å². The van der Waals surface area contributed by atoms with E-state index in [1.807, 2.05) is 0 Å². The topological polar surface area (TPSA) is 49.4 Å². The molecule has 0 spiro atoms. The molecule has 0 bridgehead atoms. The third-order valence-corrected chi connectivity index (χ3v) is 6.27. The molecule has 0 aromatic heterocycles. The first-order chi connectivity index (χ1) is 11.3. The summed E-state index contributed by atoms with van der Waals surface area (Å²) in [7, 11) is -3.69. The molecule has 0 aliphatic carbocycles. The zero-order valence-corrected chi connectivity index (χ0v) is 15.8. The Morgan fingerprint density at radius 1 is 1.25 bits per heavy atom. The van der Waals surface area contributed by atoms with Gasteiger partial charge < -0.3 is 4.90 Å². The van der Waals surface area contributed by atoms with Gasteiger partial charge in [-0.3, -0.25) is 0 Å². The molecule has 2 rings (SSSR count). The summed E-state index contributed by atoms with van der Waals surface area (Å²) in [5, 5.41) is -0.0983. The number of hydrogen-bond acceptors (Lipinski definition) is 3. The van der Waals surface area contributed by atoms with Crippen LogP contribution in [0.4, 0.5) is 4.39 Å². The Bertz CT molecular complexity index is 644. The maximum Gasteiger partial charge on any atom is 0.242 e. The number of piperidine rings is 1. The van der Waals surface area contributed by atoms with Crippen molar-refractivity contribution in [2.45, 2.75) is 38.0 Å². The number of sulfonamides is 1. The minimum atomic E-state index is -3.69. The van der Waals surface area contributed by atoms with E-state index in [4.69, 9.17) is 11.6 Å². The second kappa shape index (κ2) is 8.61. The van der Waals surface area contributed by atoms with Gasteiger partial charge >= 0.3 is 0 Å². The van der Waals surface area contributed by atoms with Gasteiger partial charge in [-0.25, -0.2) is 17.5 Å². The largest absolute Gasteiger partial charge is 0.303 e. The summed E-state index contributed by atoms with van der Waals surface area (Å²) < 4.78 is 39.9. The first-order valence-electron chi connectivity index (χ1n) is 8.45. The fraction of sp³-hybridized carbons (Fsp3) is 0.647. The Morgan fingerprint density at radius 2 is 1.92 bits per heavy atom. The molecule has 1 aromatic carbocycles. The van der Waals surface area contributed by atoms with Gasteiger partial charge in [0.05, 0.1) is 5.02 Å². The lowest BCUT2D eigenvalue weighted by Gasteiger charge is -2.34. The van der Waals surface area contributed by atoms with Crippen molar-refractivity contribution in [3.63, 3.8) is 0 Å². The number of halogens is 2. The van der Waals surface area contributed by atoms with Gasteiger partial charge in [-0.2, -0.15) is 0 Å². The van der Waals surface area contributed by atoms with Crippen LogP contribution in [0.5, 0.6) is 0 Å². The van der Waals surface area contributed by atoms with Gasteiger partial charge in [0.1, 0.15) is 10.7 Å². The summed E-state index contributed by atoms with van der Waals surface area (Å²) in [5.41, 5.74) is 0. The Balaban J connectivity index is 1.75. The van der Waals surface area contributed by atoms with E-state index in [0.717, 1.165) is 56.4 Å². The smallest absolute Gasteiger partial charge is 0.242 e. The van der Waals surface area contributed by atoms with Crippen molar-refractivity contribution in [1.82, 2.24) is 9.62 Å². The van der Waals surface area contributed by atoms with Crippen LogP contribution in [0.1, 0.15) is 33.1 Å². The molecule has 1 heterocycles. The van der Waals surface area contributed by atoms with Gasteiger partial charge in [0.2, 0.25) is 10.0 Å². The van der Waals surface area contributed by atoms with Crippen molar-refractivity contribution in [3.05, 3.63) is 29.0 Å². The maximum atomic E-state index is 13.0. The zero-order chi connectivity index (χ0) is 17.7. The van der Waals surface area contributed by atoms with Crippen LogP contribution in [0.25, 0.3) is 0 Å². The van der Waals surface area contributed by atoms with Crippen LogP contribution in [-0.2, 0) is 10.0 Å². The average Bonchev–Trinajstić information content (AvgIpc) is 2.45. The van der Waals surface area contributed by atoms with Crippen LogP contribution in [-0.4, -0.2) is 39.5 Å². The summed E-state index contributed by atoms with van der Waals surface area (Å²) in [6.07, 6.45) is 2.99. The number of likely N-dealkylation sites (tertiary alicyclic amines) is 1. The van der Waals surface area contributed by atoms with Gasteiger partial charge in [0.25, 0.3) is 0 Å². The number of benzene rings is 1. The zero-order valence-electron chi connectivity index (χ0n) is 14.3. The molecule has 136 valence electrons. The molecule has 1 N–H and O–H groups in total. The van der Waals surface area contributed by atoms with Crippen LogP contribution in [0.2, 0.25) is 5.02 Å². The van der Waals surface area contributed by atoms with Crippen molar-refractivity contribution in [2.24, 2.45) is 11.8 Å². The predicted molar refractivity (Wildman–Crippen MR) is 95.2 cm³/mol. The summed E-state index contributed by atoms with van der Waals surface area (Å²) in [4.78, 5) is 2.38. The van der Waals surface area contributed by atoms with Crippen LogP contribution < -0.4 is 4.72 Å². The molecule has 4 nitrogen and oxygen atoms in total. The predicted octanol–water partition coefficient (Wildman–Crippen LogP) is 3.52. The van der Waals surface area contributed by atoms with Crippen molar-refractivity contribution in [2.75, 3.05) is 26.2 Å². The normalized spacial score (nSPS) is 22.7. The van der Waals surface area contributed by atoms with Crippen molar-refractivity contribution in [1.29, 1.82) is 0 Å². The SMILES string of the molecule is C[C@H]1C[C@H](C)CN(CCCCNS(=O)(=O)c2ccc(F)cc2Cl)C1. The highest BCUT2D eigenvalue weighted by atomic mass is 35.5. The van der Waals surface area contributed by atoms with E-state index in [1.165, 1.54) is 12.5 Å².